The number of methoxy groups -OCH3 is 1. The van der Waals surface area contributed by atoms with Crippen molar-refractivity contribution >= 4 is 45.5 Å². The van der Waals surface area contributed by atoms with Gasteiger partial charge in [-0.3, -0.25) is 14.9 Å². The number of aryl methyl sites for hydroxylation is 1. The van der Waals surface area contributed by atoms with Gasteiger partial charge in [-0.1, -0.05) is 25.1 Å². The molecule has 2 aromatic rings. The summed E-state index contributed by atoms with van der Waals surface area (Å²) in [4.78, 5) is 38.3. The molecule has 0 bridgehead atoms. The van der Waals surface area contributed by atoms with Crippen molar-refractivity contribution in [1.82, 2.24) is 5.32 Å². The van der Waals surface area contributed by atoms with E-state index >= 15 is 0 Å². The molecule has 138 valence electrons. The third kappa shape index (κ3) is 3.78. The molecule has 1 fully saturated rings. The first kappa shape index (κ1) is 18.8. The van der Waals surface area contributed by atoms with Crippen molar-refractivity contribution in [3.05, 3.63) is 63.6 Å². The average Bonchev–Trinajstić information content (AvgIpc) is 2.65. The highest BCUT2D eigenvalue weighted by Gasteiger charge is 2.36. The van der Waals surface area contributed by atoms with Crippen molar-refractivity contribution in [2.24, 2.45) is 0 Å². The zero-order valence-corrected chi connectivity index (χ0v) is 16.4. The number of nitrogens with zero attached hydrogens (tertiary/aromatic N) is 1. The van der Waals surface area contributed by atoms with Crippen LogP contribution in [0.3, 0.4) is 0 Å². The number of hydrogen-bond acceptors (Lipinski definition) is 4. The molecule has 3 rings (SSSR count). The average molecular weight is 429 g/mol. The summed E-state index contributed by atoms with van der Waals surface area (Å²) in [6.45, 7) is 2.01. The lowest BCUT2D eigenvalue weighted by atomic mass is 10.1. The van der Waals surface area contributed by atoms with Gasteiger partial charge >= 0.3 is 6.03 Å². The number of halogens is 1. The van der Waals surface area contributed by atoms with Crippen LogP contribution in [0.5, 0.6) is 5.75 Å². The third-order valence-corrected chi connectivity index (χ3v) is 4.81. The van der Waals surface area contributed by atoms with E-state index in [9.17, 15) is 14.4 Å². The van der Waals surface area contributed by atoms with Crippen LogP contribution in [0, 0.1) is 0 Å². The minimum absolute atomic E-state index is 0.119. The van der Waals surface area contributed by atoms with Crippen LogP contribution in [-0.2, 0) is 16.0 Å². The van der Waals surface area contributed by atoms with Gasteiger partial charge in [0.05, 0.1) is 17.3 Å². The Morgan fingerprint density at radius 1 is 1.11 bits per heavy atom. The fourth-order valence-corrected chi connectivity index (χ4v) is 3.27. The van der Waals surface area contributed by atoms with Gasteiger partial charge in [0.2, 0.25) is 0 Å². The van der Waals surface area contributed by atoms with Crippen LogP contribution in [0.2, 0.25) is 0 Å². The fraction of sp³-hybridized carbons (Fsp3) is 0.150. The van der Waals surface area contributed by atoms with Gasteiger partial charge in [0.15, 0.2) is 0 Å². The lowest BCUT2D eigenvalue weighted by molar-refractivity contribution is -0.122. The minimum Gasteiger partial charge on any atom is -0.496 e. The van der Waals surface area contributed by atoms with Crippen LogP contribution in [0.25, 0.3) is 6.08 Å². The van der Waals surface area contributed by atoms with Crippen LogP contribution in [0.1, 0.15) is 18.1 Å². The number of imide groups is 2. The fourth-order valence-electron chi connectivity index (χ4n) is 2.71. The summed E-state index contributed by atoms with van der Waals surface area (Å²) in [5.74, 6) is -0.761. The molecular weight excluding hydrogens is 412 g/mol. The lowest BCUT2D eigenvalue weighted by Crippen LogP contribution is -2.54. The summed E-state index contributed by atoms with van der Waals surface area (Å²) in [7, 11) is 1.55. The Hall–Kier alpha value is -2.93. The summed E-state index contributed by atoms with van der Waals surface area (Å²) < 4.78 is 5.86. The van der Waals surface area contributed by atoms with Crippen LogP contribution in [0.4, 0.5) is 10.5 Å². The van der Waals surface area contributed by atoms with E-state index in [1.807, 2.05) is 19.1 Å². The monoisotopic (exact) mass is 428 g/mol. The Labute approximate surface area is 164 Å². The lowest BCUT2D eigenvalue weighted by Gasteiger charge is -2.26. The van der Waals surface area contributed by atoms with E-state index in [-0.39, 0.29) is 5.57 Å². The van der Waals surface area contributed by atoms with Crippen molar-refractivity contribution in [3.8, 4) is 5.75 Å². The predicted octanol–water partition coefficient (Wildman–Crippen LogP) is 3.69. The Kier molecular flexibility index (Phi) is 5.41. The third-order valence-electron chi connectivity index (χ3n) is 4.19. The number of benzene rings is 2. The second kappa shape index (κ2) is 7.75. The smallest absolute Gasteiger partial charge is 0.335 e. The molecule has 6 nitrogen and oxygen atoms in total. The summed E-state index contributed by atoms with van der Waals surface area (Å²) in [6.07, 6.45) is 2.29. The van der Waals surface area contributed by atoms with Crippen LogP contribution in [0.15, 0.2) is 52.5 Å². The van der Waals surface area contributed by atoms with E-state index in [1.54, 1.807) is 37.4 Å². The van der Waals surface area contributed by atoms with Crippen molar-refractivity contribution in [1.29, 1.82) is 0 Å². The zero-order chi connectivity index (χ0) is 19.6. The number of rotatable bonds is 4. The van der Waals surface area contributed by atoms with E-state index in [0.29, 0.717) is 21.5 Å². The molecular formula is C20H17BrN2O4. The Morgan fingerprint density at radius 2 is 1.81 bits per heavy atom. The standard InChI is InChI=1S/C20H17BrN2O4/c1-3-12-4-7-14(8-5-12)23-19(25)15(18(24)22-20(23)26)10-13-6-9-17(27-2)16(21)11-13/h4-11H,3H2,1-2H3,(H,22,24,26)/b15-10-. The Balaban J connectivity index is 1.97. The molecule has 0 radical (unpaired) electrons. The maximum Gasteiger partial charge on any atom is 0.335 e. The molecule has 0 spiro atoms. The first-order valence-corrected chi connectivity index (χ1v) is 9.07. The largest absolute Gasteiger partial charge is 0.496 e. The van der Waals surface area contributed by atoms with Crippen LogP contribution in [-0.4, -0.2) is 25.0 Å². The number of carbonyl (C=O) groups is 3. The van der Waals surface area contributed by atoms with Gasteiger partial charge in [-0.2, -0.15) is 0 Å². The molecule has 1 aliphatic heterocycles. The second-order valence-electron chi connectivity index (χ2n) is 5.87. The molecule has 0 atom stereocenters. The second-order valence-corrected chi connectivity index (χ2v) is 6.73. The van der Waals surface area contributed by atoms with Crippen molar-refractivity contribution < 1.29 is 19.1 Å². The SMILES string of the molecule is CCc1ccc(N2C(=O)NC(=O)/C(=C/c3ccc(OC)c(Br)c3)C2=O)cc1. The van der Waals surface area contributed by atoms with Gasteiger partial charge in [0.25, 0.3) is 11.8 Å². The molecule has 4 amide bonds. The molecule has 27 heavy (non-hydrogen) atoms. The van der Waals surface area contributed by atoms with E-state index in [1.165, 1.54) is 6.08 Å². The van der Waals surface area contributed by atoms with Gasteiger partial charge in [-0.25, -0.2) is 9.69 Å². The molecule has 1 saturated heterocycles. The minimum atomic E-state index is -0.762. The van der Waals surface area contributed by atoms with Crippen molar-refractivity contribution in [3.63, 3.8) is 0 Å². The number of anilines is 1. The molecule has 0 saturated carbocycles. The molecule has 1 heterocycles. The molecule has 0 unspecified atom stereocenters. The maximum absolute atomic E-state index is 12.9. The van der Waals surface area contributed by atoms with Gasteiger partial charge in [0, 0.05) is 0 Å². The summed E-state index contributed by atoms with van der Waals surface area (Å²) in [6, 6.07) is 11.5. The molecule has 1 aliphatic rings. The molecule has 7 heteroatoms. The normalized spacial score (nSPS) is 15.9. The molecule has 0 aromatic heterocycles. The number of nitrogens with one attached hydrogen (secondary N) is 1. The first-order chi connectivity index (χ1) is 12.9. The molecule has 0 aliphatic carbocycles. The van der Waals surface area contributed by atoms with E-state index in [2.05, 4.69) is 21.2 Å². The van der Waals surface area contributed by atoms with Gasteiger partial charge in [-0.05, 0) is 63.8 Å². The van der Waals surface area contributed by atoms with Gasteiger partial charge < -0.3 is 4.74 Å². The highest BCUT2D eigenvalue weighted by atomic mass is 79.9. The maximum atomic E-state index is 12.9. The quantitative estimate of drug-likeness (QED) is 0.594. The zero-order valence-electron chi connectivity index (χ0n) is 14.8. The van der Waals surface area contributed by atoms with E-state index in [4.69, 9.17) is 4.74 Å². The topological polar surface area (TPSA) is 75.7 Å². The molecule has 1 N–H and O–H groups in total. The number of barbiturate groups is 1. The van der Waals surface area contributed by atoms with E-state index < -0.39 is 17.8 Å². The number of urea groups is 1. The first-order valence-electron chi connectivity index (χ1n) is 8.28. The number of carbonyl (C=O) groups excluding carboxylic acids is 3. The number of hydrogen-bond donors (Lipinski definition) is 1. The highest BCUT2D eigenvalue weighted by Crippen LogP contribution is 2.28. The predicted molar refractivity (Wildman–Crippen MR) is 106 cm³/mol. The number of ether oxygens (including phenoxy) is 1. The van der Waals surface area contributed by atoms with Crippen molar-refractivity contribution in [2.75, 3.05) is 12.0 Å². The molecule has 2 aromatic carbocycles. The summed E-state index contributed by atoms with van der Waals surface area (Å²) >= 11 is 3.37. The van der Waals surface area contributed by atoms with Gasteiger partial charge in [0.1, 0.15) is 11.3 Å². The van der Waals surface area contributed by atoms with E-state index in [0.717, 1.165) is 16.9 Å². The van der Waals surface area contributed by atoms with Gasteiger partial charge in [-0.15, -0.1) is 0 Å². The van der Waals surface area contributed by atoms with Crippen molar-refractivity contribution in [2.45, 2.75) is 13.3 Å². The Morgan fingerprint density at radius 3 is 2.41 bits per heavy atom. The van der Waals surface area contributed by atoms with Crippen LogP contribution < -0.4 is 15.0 Å². The summed E-state index contributed by atoms with van der Waals surface area (Å²) in [5.41, 5.74) is 1.99. The Bertz CT molecular complexity index is 951. The highest BCUT2D eigenvalue weighted by molar-refractivity contribution is 9.10. The van der Waals surface area contributed by atoms with Crippen LogP contribution >= 0.6 is 15.9 Å². The summed E-state index contributed by atoms with van der Waals surface area (Å²) in [5, 5.41) is 2.22. The number of amides is 4.